The van der Waals surface area contributed by atoms with E-state index in [1.807, 2.05) is 36.4 Å². The molecule has 2 heterocycles. The highest BCUT2D eigenvalue weighted by atomic mass is 19.1. The molecular formula is C31H38FN5O3. The van der Waals surface area contributed by atoms with Crippen LogP contribution in [0.25, 0.3) is 11.1 Å². The summed E-state index contributed by atoms with van der Waals surface area (Å²) in [7, 11) is 2.12. The Balaban J connectivity index is 1.50. The summed E-state index contributed by atoms with van der Waals surface area (Å²) in [4.78, 5) is 22.1. The van der Waals surface area contributed by atoms with Crippen molar-refractivity contribution >= 4 is 5.91 Å². The molecule has 1 aliphatic carbocycles. The number of hydrogen-bond donors (Lipinski definition) is 3. The topological polar surface area (TPSA) is 104 Å². The molecule has 212 valence electrons. The fraction of sp³-hybridized carbons (Fsp3) is 0.419. The number of aromatic hydroxyl groups is 1. The van der Waals surface area contributed by atoms with Crippen LogP contribution in [0.2, 0.25) is 0 Å². The molecule has 0 bridgehead atoms. The van der Waals surface area contributed by atoms with Crippen molar-refractivity contribution in [1.82, 2.24) is 20.1 Å². The average molecular weight is 548 g/mol. The lowest BCUT2D eigenvalue weighted by Crippen LogP contribution is -2.40. The van der Waals surface area contributed by atoms with E-state index >= 15 is 0 Å². The van der Waals surface area contributed by atoms with Gasteiger partial charge in [-0.15, -0.1) is 0 Å². The summed E-state index contributed by atoms with van der Waals surface area (Å²) < 4.78 is 20.6. The second-order valence-electron chi connectivity index (χ2n) is 10.9. The summed E-state index contributed by atoms with van der Waals surface area (Å²) in [6.07, 6.45) is 5.23. The molecule has 0 radical (unpaired) electrons. The van der Waals surface area contributed by atoms with Crippen molar-refractivity contribution in [3.8, 4) is 28.5 Å². The number of benzene rings is 2. The number of phenols is 1. The van der Waals surface area contributed by atoms with Crippen LogP contribution in [-0.4, -0.2) is 71.1 Å². The number of halogens is 1. The van der Waals surface area contributed by atoms with Crippen LogP contribution in [0.4, 0.5) is 4.39 Å². The van der Waals surface area contributed by atoms with E-state index in [2.05, 4.69) is 27.1 Å². The van der Waals surface area contributed by atoms with Crippen LogP contribution in [0.3, 0.4) is 0 Å². The van der Waals surface area contributed by atoms with Gasteiger partial charge in [-0.25, -0.2) is 9.37 Å². The van der Waals surface area contributed by atoms with Crippen molar-refractivity contribution < 1.29 is 19.0 Å². The summed E-state index contributed by atoms with van der Waals surface area (Å²) >= 11 is 0. The molecule has 2 aliphatic rings. The summed E-state index contributed by atoms with van der Waals surface area (Å²) in [6.45, 7) is 4.27. The molecular weight excluding hydrogens is 509 g/mol. The smallest absolute Gasteiger partial charge is 0.257 e. The van der Waals surface area contributed by atoms with Gasteiger partial charge in [-0.1, -0.05) is 36.4 Å². The van der Waals surface area contributed by atoms with Crippen molar-refractivity contribution in [2.75, 3.05) is 33.2 Å². The maximum Gasteiger partial charge on any atom is 0.257 e. The maximum atomic E-state index is 14.3. The number of phenolic OH excluding ortho intramolecular Hbond substituents is 1. The SMILES string of the molecule is CN1CCCN(Cc2c(-c3ccccc3)ccc(O)c2Oc2ncc(F)cc2C(=O)NC2CCC(N)CC2)CC1. The Morgan fingerprint density at radius 2 is 1.88 bits per heavy atom. The summed E-state index contributed by atoms with van der Waals surface area (Å²) in [5.74, 6) is -1.00. The largest absolute Gasteiger partial charge is 0.504 e. The van der Waals surface area contributed by atoms with Crippen LogP contribution < -0.4 is 15.8 Å². The number of nitrogens with two attached hydrogens (primary N) is 1. The third-order valence-electron chi connectivity index (χ3n) is 7.89. The van der Waals surface area contributed by atoms with Crippen LogP contribution in [0, 0.1) is 5.82 Å². The number of nitrogens with one attached hydrogen (secondary N) is 1. The molecule has 1 saturated heterocycles. The lowest BCUT2D eigenvalue weighted by molar-refractivity contribution is 0.0922. The van der Waals surface area contributed by atoms with E-state index in [-0.39, 0.29) is 35.0 Å². The van der Waals surface area contributed by atoms with Gasteiger partial charge in [0.2, 0.25) is 5.88 Å². The molecule has 2 aromatic carbocycles. The van der Waals surface area contributed by atoms with E-state index < -0.39 is 11.7 Å². The number of carbonyl (C=O) groups is 1. The molecule has 8 nitrogen and oxygen atoms in total. The summed E-state index contributed by atoms with van der Waals surface area (Å²) in [5, 5.41) is 14.1. The van der Waals surface area contributed by atoms with Crippen LogP contribution in [-0.2, 0) is 6.54 Å². The normalized spacial score (nSPS) is 20.6. The maximum absolute atomic E-state index is 14.3. The standard InChI is InChI=1S/C31H38FN5O3/c1-36-14-5-15-37(17-16-36)20-27-25(21-6-3-2-4-7-21)12-13-28(38)29(27)40-31-26(18-22(32)19-34-31)30(39)35-24-10-8-23(33)9-11-24/h2-4,6-7,12-13,18-19,23-24,38H,5,8-11,14-17,20,33H2,1H3,(H,35,39). The van der Waals surface area contributed by atoms with Gasteiger partial charge in [-0.2, -0.15) is 0 Å². The lowest BCUT2D eigenvalue weighted by Gasteiger charge is -2.27. The van der Waals surface area contributed by atoms with Gasteiger partial charge in [0.1, 0.15) is 11.4 Å². The van der Waals surface area contributed by atoms with Crippen LogP contribution in [0.15, 0.2) is 54.7 Å². The molecule has 5 rings (SSSR count). The van der Waals surface area contributed by atoms with Gasteiger partial charge in [0, 0.05) is 37.3 Å². The number of nitrogens with zero attached hydrogens (tertiary/aromatic N) is 3. The molecule has 40 heavy (non-hydrogen) atoms. The minimum absolute atomic E-state index is 0.0123. The Bertz CT molecular complexity index is 1310. The molecule has 1 amide bonds. The predicted molar refractivity (Wildman–Crippen MR) is 153 cm³/mol. The highest BCUT2D eigenvalue weighted by molar-refractivity contribution is 5.96. The summed E-state index contributed by atoms with van der Waals surface area (Å²) in [6, 6.07) is 14.6. The number of ether oxygens (including phenoxy) is 1. The summed E-state index contributed by atoms with van der Waals surface area (Å²) in [5.41, 5.74) is 8.68. The first kappa shape index (κ1) is 28.0. The number of pyridine rings is 1. The molecule has 4 N–H and O–H groups in total. The van der Waals surface area contributed by atoms with Crippen LogP contribution in [0.5, 0.6) is 17.4 Å². The molecule has 1 aliphatic heterocycles. The zero-order chi connectivity index (χ0) is 28.1. The lowest BCUT2D eigenvalue weighted by atomic mass is 9.91. The van der Waals surface area contributed by atoms with Gasteiger partial charge in [0.05, 0.1) is 6.20 Å². The first-order valence-corrected chi connectivity index (χ1v) is 14.1. The van der Waals surface area contributed by atoms with Crippen molar-refractivity contribution in [3.05, 3.63) is 71.7 Å². The van der Waals surface area contributed by atoms with E-state index in [4.69, 9.17) is 10.5 Å². The molecule has 2 fully saturated rings. The number of amides is 1. The Morgan fingerprint density at radius 3 is 2.65 bits per heavy atom. The number of likely N-dealkylation sites (N-methyl/N-ethyl adjacent to an activating group) is 1. The first-order valence-electron chi connectivity index (χ1n) is 14.1. The number of hydrogen-bond acceptors (Lipinski definition) is 7. The monoisotopic (exact) mass is 547 g/mol. The second-order valence-corrected chi connectivity index (χ2v) is 10.9. The van der Waals surface area contributed by atoms with Gasteiger partial charge in [0.15, 0.2) is 11.5 Å². The molecule has 0 atom stereocenters. The molecule has 1 saturated carbocycles. The molecule has 0 spiro atoms. The molecule has 0 unspecified atom stereocenters. The van der Waals surface area contributed by atoms with Crippen LogP contribution >= 0.6 is 0 Å². The highest BCUT2D eigenvalue weighted by Gasteiger charge is 2.26. The molecule has 9 heteroatoms. The molecule has 3 aromatic rings. The van der Waals surface area contributed by atoms with Crippen molar-refractivity contribution in [3.63, 3.8) is 0 Å². The van der Waals surface area contributed by atoms with Crippen LogP contribution in [0.1, 0.15) is 48.0 Å². The number of rotatable bonds is 7. The van der Waals surface area contributed by atoms with Crippen molar-refractivity contribution in [1.29, 1.82) is 0 Å². The van der Waals surface area contributed by atoms with Gasteiger partial charge in [-0.3, -0.25) is 9.69 Å². The zero-order valence-corrected chi connectivity index (χ0v) is 23.0. The predicted octanol–water partition coefficient (Wildman–Crippen LogP) is 4.52. The Hall–Kier alpha value is -3.53. The number of carbonyl (C=O) groups excluding carboxylic acids is 1. The third kappa shape index (κ3) is 6.78. The van der Waals surface area contributed by atoms with Gasteiger partial charge < -0.3 is 25.8 Å². The Labute approximate surface area is 235 Å². The number of aromatic nitrogens is 1. The average Bonchev–Trinajstić information content (AvgIpc) is 3.16. The molecule has 1 aromatic heterocycles. The van der Waals surface area contributed by atoms with E-state index in [1.54, 1.807) is 6.07 Å². The minimum Gasteiger partial charge on any atom is -0.504 e. The minimum atomic E-state index is -0.640. The Kier molecular flexibility index (Phi) is 8.94. The second kappa shape index (κ2) is 12.8. The third-order valence-corrected chi connectivity index (χ3v) is 7.89. The van der Waals surface area contributed by atoms with Gasteiger partial charge in [0.25, 0.3) is 5.91 Å². The fourth-order valence-electron chi connectivity index (χ4n) is 5.55. The van der Waals surface area contributed by atoms with E-state index in [0.717, 1.165) is 87.2 Å². The van der Waals surface area contributed by atoms with Gasteiger partial charge >= 0.3 is 0 Å². The van der Waals surface area contributed by atoms with Crippen molar-refractivity contribution in [2.24, 2.45) is 5.73 Å². The Morgan fingerprint density at radius 1 is 1.10 bits per heavy atom. The highest BCUT2D eigenvalue weighted by Crippen LogP contribution is 2.41. The first-order chi connectivity index (χ1) is 19.4. The van der Waals surface area contributed by atoms with Crippen molar-refractivity contribution in [2.45, 2.75) is 50.7 Å². The fourth-order valence-corrected chi connectivity index (χ4v) is 5.55. The van der Waals surface area contributed by atoms with Gasteiger partial charge in [-0.05, 0) is 75.5 Å². The quantitative estimate of drug-likeness (QED) is 0.400. The van der Waals surface area contributed by atoms with E-state index in [1.165, 1.54) is 0 Å². The zero-order valence-electron chi connectivity index (χ0n) is 23.0. The van der Waals surface area contributed by atoms with E-state index in [0.29, 0.717) is 6.54 Å². The van der Waals surface area contributed by atoms with E-state index in [9.17, 15) is 14.3 Å².